The van der Waals surface area contributed by atoms with Gasteiger partial charge in [0.1, 0.15) is 0 Å². The van der Waals surface area contributed by atoms with Crippen LogP contribution >= 0.6 is 24.8 Å². The van der Waals surface area contributed by atoms with Gasteiger partial charge in [0.15, 0.2) is 0 Å². The molecule has 0 radical (unpaired) electrons. The van der Waals surface area contributed by atoms with E-state index >= 15 is 0 Å². The van der Waals surface area contributed by atoms with Crippen LogP contribution in [0.1, 0.15) is 19.8 Å². The number of methoxy groups -OCH3 is 1. The number of ether oxygens (including phenoxy) is 2. The molecule has 2 rings (SSSR count). The largest absolute Gasteiger partial charge is 0.383 e. The lowest BCUT2D eigenvalue weighted by Gasteiger charge is -2.41. The van der Waals surface area contributed by atoms with Crippen molar-refractivity contribution in [2.45, 2.75) is 31.8 Å². The Labute approximate surface area is 151 Å². The van der Waals surface area contributed by atoms with Crippen molar-refractivity contribution in [3.05, 3.63) is 0 Å². The molecule has 2 N–H and O–H groups in total. The quantitative estimate of drug-likeness (QED) is 0.772. The van der Waals surface area contributed by atoms with Gasteiger partial charge < -0.3 is 20.1 Å². The Bertz CT molecular complexity index is 344. The predicted molar refractivity (Wildman–Crippen MR) is 95.5 cm³/mol. The minimum atomic E-state index is -0.369. The summed E-state index contributed by atoms with van der Waals surface area (Å²) < 4.78 is 10.5. The molecule has 0 bridgehead atoms. The summed E-state index contributed by atoms with van der Waals surface area (Å²) in [6.45, 7) is 7.71. The van der Waals surface area contributed by atoms with Gasteiger partial charge in [0.05, 0.1) is 12.6 Å². The van der Waals surface area contributed by atoms with E-state index in [-0.39, 0.29) is 42.7 Å². The summed E-state index contributed by atoms with van der Waals surface area (Å²) >= 11 is 0. The van der Waals surface area contributed by atoms with Crippen LogP contribution in [0.4, 0.5) is 0 Å². The molecule has 23 heavy (non-hydrogen) atoms. The van der Waals surface area contributed by atoms with Gasteiger partial charge in [-0.15, -0.1) is 24.8 Å². The van der Waals surface area contributed by atoms with Gasteiger partial charge in [0.2, 0.25) is 5.91 Å². The molecule has 8 heteroatoms. The van der Waals surface area contributed by atoms with Crippen LogP contribution in [0.2, 0.25) is 0 Å². The van der Waals surface area contributed by atoms with Crippen LogP contribution in [0.15, 0.2) is 0 Å². The van der Waals surface area contributed by atoms with Crippen LogP contribution in [-0.2, 0) is 14.3 Å². The van der Waals surface area contributed by atoms with Gasteiger partial charge in [-0.2, -0.15) is 0 Å². The molecule has 0 aromatic carbocycles. The van der Waals surface area contributed by atoms with E-state index in [1.54, 1.807) is 7.11 Å². The Balaban J connectivity index is 0.00000242. The van der Waals surface area contributed by atoms with Crippen LogP contribution in [0.3, 0.4) is 0 Å². The second-order valence-corrected chi connectivity index (χ2v) is 6.14. The highest BCUT2D eigenvalue weighted by Gasteiger charge is 2.33. The summed E-state index contributed by atoms with van der Waals surface area (Å²) in [7, 11) is 1.72. The predicted octanol–water partition coefficient (Wildman–Crippen LogP) is 0.763. The third kappa shape index (κ3) is 6.36. The molecule has 0 saturated carbocycles. The Morgan fingerprint density at radius 3 is 2.52 bits per heavy atom. The van der Waals surface area contributed by atoms with E-state index in [2.05, 4.69) is 11.8 Å². The van der Waals surface area contributed by atoms with Crippen molar-refractivity contribution in [2.75, 3.05) is 53.1 Å². The molecule has 1 amide bonds. The van der Waals surface area contributed by atoms with Crippen LogP contribution < -0.4 is 5.73 Å². The third-order valence-electron chi connectivity index (χ3n) is 4.72. The fourth-order valence-electron chi connectivity index (χ4n) is 3.22. The second-order valence-electron chi connectivity index (χ2n) is 6.14. The second kappa shape index (κ2) is 11.4. The Morgan fingerprint density at radius 1 is 1.30 bits per heavy atom. The first-order valence-corrected chi connectivity index (χ1v) is 7.98. The molecule has 0 aromatic rings. The van der Waals surface area contributed by atoms with Crippen LogP contribution in [0, 0.1) is 5.92 Å². The van der Waals surface area contributed by atoms with Crippen molar-refractivity contribution in [1.82, 2.24) is 9.80 Å². The maximum atomic E-state index is 12.6. The summed E-state index contributed by atoms with van der Waals surface area (Å²) in [6.07, 6.45) is 1.80. The molecule has 0 aromatic heterocycles. The molecular formula is C15H31Cl2N3O3. The Morgan fingerprint density at radius 2 is 1.96 bits per heavy atom. The lowest BCUT2D eigenvalue weighted by atomic mass is 9.91. The van der Waals surface area contributed by atoms with Gasteiger partial charge >= 0.3 is 0 Å². The number of hydrogen-bond donors (Lipinski definition) is 1. The summed E-state index contributed by atoms with van der Waals surface area (Å²) in [4.78, 5) is 16.9. The third-order valence-corrected chi connectivity index (χ3v) is 4.72. The van der Waals surface area contributed by atoms with Gasteiger partial charge in [-0.05, 0) is 25.7 Å². The molecule has 138 valence electrons. The Kier molecular flexibility index (Phi) is 11.4. The number of halogens is 2. The smallest absolute Gasteiger partial charge is 0.239 e. The summed E-state index contributed by atoms with van der Waals surface area (Å²) in [6, 6.07) is -0.00800. The molecule has 0 spiro atoms. The van der Waals surface area contributed by atoms with E-state index in [4.69, 9.17) is 15.2 Å². The minimum absolute atomic E-state index is 0. The fourth-order valence-corrected chi connectivity index (χ4v) is 3.22. The van der Waals surface area contributed by atoms with E-state index in [0.29, 0.717) is 6.04 Å². The van der Waals surface area contributed by atoms with Gasteiger partial charge in [-0.25, -0.2) is 0 Å². The number of amides is 1. The fraction of sp³-hybridized carbons (Fsp3) is 0.933. The minimum Gasteiger partial charge on any atom is -0.383 e. The van der Waals surface area contributed by atoms with Gasteiger partial charge in [-0.1, -0.05) is 0 Å². The zero-order chi connectivity index (χ0) is 15.2. The first-order valence-electron chi connectivity index (χ1n) is 7.98. The number of hydrogen-bond acceptors (Lipinski definition) is 5. The molecule has 2 atom stereocenters. The van der Waals surface area contributed by atoms with Crippen LogP contribution in [-0.4, -0.2) is 80.9 Å². The summed E-state index contributed by atoms with van der Waals surface area (Å²) in [5, 5.41) is 0. The molecule has 2 aliphatic heterocycles. The van der Waals surface area contributed by atoms with Crippen molar-refractivity contribution in [2.24, 2.45) is 11.7 Å². The number of piperazine rings is 1. The normalized spacial score (nSPS) is 24.5. The molecule has 6 nitrogen and oxygen atoms in total. The Hall–Kier alpha value is -0.110. The summed E-state index contributed by atoms with van der Waals surface area (Å²) in [5.41, 5.74) is 6.20. The highest BCUT2D eigenvalue weighted by atomic mass is 35.5. The monoisotopic (exact) mass is 371 g/mol. The van der Waals surface area contributed by atoms with E-state index in [1.165, 1.54) is 0 Å². The number of nitrogens with zero attached hydrogens (tertiary/aromatic N) is 2. The number of rotatable bonds is 5. The van der Waals surface area contributed by atoms with Crippen LogP contribution in [0.5, 0.6) is 0 Å². The molecule has 2 heterocycles. The van der Waals surface area contributed by atoms with Crippen molar-refractivity contribution >= 4 is 30.7 Å². The van der Waals surface area contributed by atoms with E-state index in [0.717, 1.165) is 58.8 Å². The van der Waals surface area contributed by atoms with Gasteiger partial charge in [0, 0.05) is 52.5 Å². The molecule has 2 saturated heterocycles. The van der Waals surface area contributed by atoms with Crippen LogP contribution in [0.25, 0.3) is 0 Å². The van der Waals surface area contributed by atoms with Crippen molar-refractivity contribution < 1.29 is 14.3 Å². The van der Waals surface area contributed by atoms with Crippen molar-refractivity contribution in [3.63, 3.8) is 0 Å². The van der Waals surface area contributed by atoms with Crippen molar-refractivity contribution in [3.8, 4) is 0 Å². The first kappa shape index (κ1) is 22.9. The highest BCUT2D eigenvalue weighted by Crippen LogP contribution is 2.20. The average Bonchev–Trinajstić information content (AvgIpc) is 2.53. The molecule has 2 unspecified atom stereocenters. The lowest BCUT2D eigenvalue weighted by Crippen LogP contribution is -2.58. The first-order chi connectivity index (χ1) is 10.1. The van der Waals surface area contributed by atoms with Gasteiger partial charge in [0.25, 0.3) is 0 Å². The van der Waals surface area contributed by atoms with E-state index < -0.39 is 0 Å². The topological polar surface area (TPSA) is 68.0 Å². The van der Waals surface area contributed by atoms with E-state index in [1.807, 2.05) is 4.90 Å². The maximum absolute atomic E-state index is 12.6. The zero-order valence-corrected chi connectivity index (χ0v) is 15.7. The standard InChI is InChI=1S/C15H29N3O3.2ClH/c1-12-11-18(6-5-17(12)7-10-20-2)15(19)14(16)13-3-8-21-9-4-13;;/h12-14H,3-11,16H2,1-2H3;2*1H. The SMILES string of the molecule is COCCN1CCN(C(=O)C(N)C2CCOCC2)CC1C.Cl.Cl. The molecule has 0 aliphatic carbocycles. The number of carbonyl (C=O) groups is 1. The van der Waals surface area contributed by atoms with Crippen molar-refractivity contribution in [1.29, 1.82) is 0 Å². The number of carbonyl (C=O) groups excluding carboxylic acids is 1. The van der Waals surface area contributed by atoms with E-state index in [9.17, 15) is 4.79 Å². The number of nitrogens with two attached hydrogens (primary N) is 1. The molecular weight excluding hydrogens is 341 g/mol. The maximum Gasteiger partial charge on any atom is 0.239 e. The molecule has 2 aliphatic rings. The summed E-state index contributed by atoms with van der Waals surface area (Å²) in [5.74, 6) is 0.383. The average molecular weight is 372 g/mol. The molecule has 2 fully saturated rings. The zero-order valence-electron chi connectivity index (χ0n) is 14.1. The lowest BCUT2D eigenvalue weighted by molar-refractivity contribution is -0.137. The highest BCUT2D eigenvalue weighted by molar-refractivity contribution is 5.85. The van der Waals surface area contributed by atoms with Gasteiger partial charge in [-0.3, -0.25) is 9.69 Å².